The van der Waals surface area contributed by atoms with Gasteiger partial charge in [-0.05, 0) is 48.8 Å². The van der Waals surface area contributed by atoms with Crippen molar-refractivity contribution in [2.75, 3.05) is 25.0 Å². The average Bonchev–Trinajstić information content (AvgIpc) is 3.06. The van der Waals surface area contributed by atoms with Crippen LogP contribution >= 0.6 is 11.3 Å². The van der Waals surface area contributed by atoms with Crippen molar-refractivity contribution < 1.29 is 9.72 Å². The van der Waals surface area contributed by atoms with E-state index in [0.29, 0.717) is 18.0 Å². The van der Waals surface area contributed by atoms with Gasteiger partial charge in [0.25, 0.3) is 11.6 Å². The third-order valence-electron chi connectivity index (χ3n) is 5.24. The number of amides is 1. The molecule has 1 aliphatic heterocycles. The van der Waals surface area contributed by atoms with Gasteiger partial charge in [-0.25, -0.2) is 0 Å². The van der Waals surface area contributed by atoms with Gasteiger partial charge in [-0.3, -0.25) is 14.9 Å². The number of anilines is 1. The second-order valence-corrected chi connectivity index (χ2v) is 8.32. The molecule has 1 fully saturated rings. The topological polar surface area (TPSA) is 66.7 Å². The predicted octanol–water partition coefficient (Wildman–Crippen LogP) is 4.47. The molecule has 6 nitrogen and oxygen atoms in total. The highest BCUT2D eigenvalue weighted by Crippen LogP contribution is 2.30. The first-order chi connectivity index (χ1) is 12.9. The maximum Gasteiger partial charge on any atom is 0.270 e. The van der Waals surface area contributed by atoms with Crippen LogP contribution in [0.25, 0.3) is 0 Å². The summed E-state index contributed by atoms with van der Waals surface area (Å²) in [6, 6.07) is 6.68. The van der Waals surface area contributed by atoms with E-state index < -0.39 is 4.92 Å². The van der Waals surface area contributed by atoms with E-state index in [2.05, 4.69) is 11.8 Å². The summed E-state index contributed by atoms with van der Waals surface area (Å²) in [7, 11) is 1.75. The molecular formula is C20H25N3O3S. The number of nitrogens with zero attached hydrogens (tertiary/aromatic N) is 3. The number of benzene rings is 1. The summed E-state index contributed by atoms with van der Waals surface area (Å²) < 4.78 is 0. The molecule has 0 unspecified atom stereocenters. The van der Waals surface area contributed by atoms with Crippen LogP contribution in [0.3, 0.4) is 0 Å². The van der Waals surface area contributed by atoms with Crippen molar-refractivity contribution >= 4 is 28.6 Å². The fourth-order valence-corrected chi connectivity index (χ4v) is 4.35. The van der Waals surface area contributed by atoms with Crippen LogP contribution in [0.5, 0.6) is 0 Å². The van der Waals surface area contributed by atoms with Crippen LogP contribution in [-0.2, 0) is 6.54 Å². The van der Waals surface area contributed by atoms with Crippen LogP contribution in [0.2, 0.25) is 0 Å². The van der Waals surface area contributed by atoms with Crippen LogP contribution in [0.15, 0.2) is 29.6 Å². The zero-order chi connectivity index (χ0) is 19.6. The van der Waals surface area contributed by atoms with Crippen LogP contribution < -0.4 is 4.90 Å². The number of carbonyl (C=O) groups excluding carboxylic acids is 1. The molecule has 1 amide bonds. The monoisotopic (exact) mass is 387 g/mol. The third kappa shape index (κ3) is 4.30. The van der Waals surface area contributed by atoms with Gasteiger partial charge in [0.15, 0.2) is 0 Å². The molecule has 0 saturated carbocycles. The van der Waals surface area contributed by atoms with Gasteiger partial charge < -0.3 is 9.80 Å². The summed E-state index contributed by atoms with van der Waals surface area (Å²) in [5, 5.41) is 13.3. The molecule has 0 atom stereocenters. The normalized spacial score (nSPS) is 15.0. The van der Waals surface area contributed by atoms with Gasteiger partial charge >= 0.3 is 0 Å². The quantitative estimate of drug-likeness (QED) is 0.561. The van der Waals surface area contributed by atoms with Crippen molar-refractivity contribution in [2.45, 2.75) is 33.2 Å². The first kappa shape index (κ1) is 19.4. The summed E-state index contributed by atoms with van der Waals surface area (Å²) >= 11 is 1.62. The SMILES string of the molecule is Cc1ccsc1CN(C)C(=O)c1cc([N+](=O)[O-])ccc1N1CCC(C)CC1. The molecular weight excluding hydrogens is 362 g/mol. The smallest absolute Gasteiger partial charge is 0.270 e. The van der Waals surface area contributed by atoms with E-state index in [1.807, 2.05) is 18.4 Å². The second-order valence-electron chi connectivity index (χ2n) is 7.32. The van der Waals surface area contributed by atoms with Crippen molar-refractivity contribution in [2.24, 2.45) is 5.92 Å². The Morgan fingerprint density at radius 3 is 2.63 bits per heavy atom. The highest BCUT2D eigenvalue weighted by atomic mass is 32.1. The molecule has 2 aromatic rings. The number of carbonyl (C=O) groups is 1. The van der Waals surface area contributed by atoms with Crippen molar-refractivity contribution in [1.29, 1.82) is 0 Å². The van der Waals surface area contributed by atoms with E-state index in [0.717, 1.165) is 42.1 Å². The Balaban J connectivity index is 1.90. The number of thiophene rings is 1. The summed E-state index contributed by atoms with van der Waals surface area (Å²) in [6.45, 7) is 6.50. The lowest BCUT2D eigenvalue weighted by Gasteiger charge is -2.33. The van der Waals surface area contributed by atoms with Gasteiger partial charge in [-0.2, -0.15) is 0 Å². The second kappa shape index (κ2) is 8.08. The minimum atomic E-state index is -0.442. The Morgan fingerprint density at radius 2 is 2.04 bits per heavy atom. The first-order valence-electron chi connectivity index (χ1n) is 9.18. The van der Waals surface area contributed by atoms with E-state index in [-0.39, 0.29) is 11.6 Å². The molecule has 144 valence electrons. The molecule has 3 rings (SSSR count). The number of nitro benzene ring substituents is 1. The number of hydrogen-bond acceptors (Lipinski definition) is 5. The Labute approximate surface area is 163 Å². The number of rotatable bonds is 5. The van der Waals surface area contributed by atoms with E-state index >= 15 is 0 Å². The lowest BCUT2D eigenvalue weighted by Crippen LogP contribution is -2.35. The van der Waals surface area contributed by atoms with E-state index in [1.54, 1.807) is 29.4 Å². The maximum absolute atomic E-state index is 13.2. The van der Waals surface area contributed by atoms with E-state index in [4.69, 9.17) is 0 Å². The molecule has 1 aliphatic rings. The maximum atomic E-state index is 13.2. The zero-order valence-corrected chi connectivity index (χ0v) is 16.8. The summed E-state index contributed by atoms with van der Waals surface area (Å²) in [5.41, 5.74) is 2.32. The van der Waals surface area contributed by atoms with Crippen molar-refractivity contribution in [3.05, 3.63) is 55.8 Å². The molecule has 1 aromatic carbocycles. The Kier molecular flexibility index (Phi) is 5.79. The van der Waals surface area contributed by atoms with Gasteiger partial charge in [-0.1, -0.05) is 6.92 Å². The van der Waals surface area contributed by atoms with Crippen LogP contribution in [0.4, 0.5) is 11.4 Å². The highest BCUT2D eigenvalue weighted by Gasteiger charge is 2.25. The van der Waals surface area contributed by atoms with E-state index in [9.17, 15) is 14.9 Å². The molecule has 0 radical (unpaired) electrons. The minimum absolute atomic E-state index is 0.0480. The molecule has 0 N–H and O–H groups in total. The molecule has 27 heavy (non-hydrogen) atoms. The van der Waals surface area contributed by atoms with Crippen molar-refractivity contribution in [3.63, 3.8) is 0 Å². The lowest BCUT2D eigenvalue weighted by atomic mass is 9.97. The lowest BCUT2D eigenvalue weighted by molar-refractivity contribution is -0.384. The largest absolute Gasteiger partial charge is 0.371 e. The van der Waals surface area contributed by atoms with E-state index in [1.165, 1.54) is 12.1 Å². The number of non-ortho nitro benzene ring substituents is 1. The molecule has 0 spiro atoms. The average molecular weight is 388 g/mol. The first-order valence-corrected chi connectivity index (χ1v) is 10.1. The van der Waals surface area contributed by atoms with Crippen LogP contribution in [0, 0.1) is 23.0 Å². The fraction of sp³-hybridized carbons (Fsp3) is 0.450. The van der Waals surface area contributed by atoms with Crippen LogP contribution in [-0.4, -0.2) is 35.9 Å². The molecule has 7 heteroatoms. The van der Waals surface area contributed by atoms with Gasteiger partial charge in [0.05, 0.1) is 22.7 Å². The standard InChI is InChI=1S/C20H25N3O3S/c1-14-6-9-22(10-7-14)18-5-4-16(23(25)26)12-17(18)20(24)21(3)13-19-15(2)8-11-27-19/h4-5,8,11-12,14H,6-7,9-10,13H2,1-3H3. The van der Waals surface area contributed by atoms with Gasteiger partial charge in [0, 0.05) is 37.1 Å². The summed E-state index contributed by atoms with van der Waals surface area (Å²) in [4.78, 5) is 28.9. The predicted molar refractivity (Wildman–Crippen MR) is 109 cm³/mol. The number of aryl methyl sites for hydroxylation is 1. The Bertz CT molecular complexity index is 841. The molecule has 1 saturated heterocycles. The van der Waals surface area contributed by atoms with Crippen molar-refractivity contribution in [3.8, 4) is 0 Å². The Hall–Kier alpha value is -2.41. The van der Waals surface area contributed by atoms with Gasteiger partial charge in [0.1, 0.15) is 0 Å². The van der Waals surface area contributed by atoms with Gasteiger partial charge in [0.2, 0.25) is 0 Å². The fourth-order valence-electron chi connectivity index (χ4n) is 3.39. The molecule has 0 bridgehead atoms. The summed E-state index contributed by atoms with van der Waals surface area (Å²) in [5.74, 6) is 0.489. The van der Waals surface area contributed by atoms with Gasteiger partial charge in [-0.15, -0.1) is 11.3 Å². The molecule has 2 heterocycles. The minimum Gasteiger partial charge on any atom is -0.371 e. The number of piperidine rings is 1. The number of nitro groups is 1. The zero-order valence-electron chi connectivity index (χ0n) is 16.0. The van der Waals surface area contributed by atoms with Crippen molar-refractivity contribution in [1.82, 2.24) is 4.90 Å². The molecule has 0 aliphatic carbocycles. The Morgan fingerprint density at radius 1 is 1.33 bits per heavy atom. The number of hydrogen-bond donors (Lipinski definition) is 0. The summed E-state index contributed by atoms with van der Waals surface area (Å²) in [6.07, 6.45) is 2.13. The highest BCUT2D eigenvalue weighted by molar-refractivity contribution is 7.10. The molecule has 1 aromatic heterocycles. The van der Waals surface area contributed by atoms with Crippen LogP contribution in [0.1, 0.15) is 40.6 Å². The third-order valence-corrected chi connectivity index (χ3v) is 6.25.